The molecule has 3 nitrogen and oxygen atoms in total. The van der Waals surface area contributed by atoms with Gasteiger partial charge < -0.3 is 10.6 Å². The third kappa shape index (κ3) is 6.11. The van der Waals surface area contributed by atoms with Crippen LogP contribution in [0.4, 0.5) is 0 Å². The molecule has 96 valence electrons. The van der Waals surface area contributed by atoms with Crippen LogP contribution in [-0.4, -0.2) is 30.4 Å². The summed E-state index contributed by atoms with van der Waals surface area (Å²) < 4.78 is 0. The molecule has 0 aromatic carbocycles. The van der Waals surface area contributed by atoms with Crippen LogP contribution in [0.2, 0.25) is 0 Å². The summed E-state index contributed by atoms with van der Waals surface area (Å²) in [5.74, 6) is 0.233. The zero-order chi connectivity index (χ0) is 13.0. The summed E-state index contributed by atoms with van der Waals surface area (Å²) in [6.07, 6.45) is 0.599. The van der Waals surface area contributed by atoms with Crippen LogP contribution in [0, 0.1) is 10.8 Å². The molecule has 0 saturated heterocycles. The van der Waals surface area contributed by atoms with Crippen LogP contribution < -0.4 is 5.73 Å². The van der Waals surface area contributed by atoms with Crippen LogP contribution in [0.25, 0.3) is 0 Å². The maximum Gasteiger partial charge on any atom is 0.223 e. The lowest BCUT2D eigenvalue weighted by Gasteiger charge is -2.32. The van der Waals surface area contributed by atoms with Crippen molar-refractivity contribution < 1.29 is 4.79 Å². The molecule has 0 heterocycles. The first-order chi connectivity index (χ1) is 7.11. The van der Waals surface area contributed by atoms with Gasteiger partial charge in [0.2, 0.25) is 5.91 Å². The highest BCUT2D eigenvalue weighted by Crippen LogP contribution is 2.22. The van der Waals surface area contributed by atoms with Gasteiger partial charge in [-0.3, -0.25) is 4.79 Å². The minimum absolute atomic E-state index is 0.00353. The van der Waals surface area contributed by atoms with E-state index in [0.29, 0.717) is 13.0 Å². The number of rotatable bonds is 5. The SMILES string of the molecule is CCN(CC(C)(C)CN)C(=O)CC(C)(C)C. The second-order valence-corrected chi connectivity index (χ2v) is 6.51. The van der Waals surface area contributed by atoms with Crippen LogP contribution in [0.1, 0.15) is 48.0 Å². The van der Waals surface area contributed by atoms with Crippen LogP contribution in [-0.2, 0) is 4.79 Å². The Labute approximate surface area is 100 Å². The molecule has 0 saturated carbocycles. The zero-order valence-electron chi connectivity index (χ0n) is 11.8. The van der Waals surface area contributed by atoms with E-state index in [1.54, 1.807) is 0 Å². The van der Waals surface area contributed by atoms with Gasteiger partial charge in [0.05, 0.1) is 0 Å². The van der Waals surface area contributed by atoms with Crippen LogP contribution >= 0.6 is 0 Å². The summed E-state index contributed by atoms with van der Waals surface area (Å²) in [5, 5.41) is 0. The molecule has 0 aromatic heterocycles. The molecule has 0 rings (SSSR count). The zero-order valence-corrected chi connectivity index (χ0v) is 11.8. The maximum absolute atomic E-state index is 12.1. The molecule has 0 bridgehead atoms. The number of amides is 1. The van der Waals surface area contributed by atoms with Gasteiger partial charge in [0.1, 0.15) is 0 Å². The highest BCUT2D eigenvalue weighted by atomic mass is 16.2. The van der Waals surface area contributed by atoms with Crippen molar-refractivity contribution in [3.05, 3.63) is 0 Å². The molecule has 0 aliphatic heterocycles. The van der Waals surface area contributed by atoms with Crippen molar-refractivity contribution in [2.45, 2.75) is 48.0 Å². The molecule has 0 aliphatic rings. The quantitative estimate of drug-likeness (QED) is 0.784. The van der Waals surface area contributed by atoms with Crippen molar-refractivity contribution in [2.24, 2.45) is 16.6 Å². The monoisotopic (exact) mass is 228 g/mol. The molecule has 0 aliphatic carbocycles. The fourth-order valence-electron chi connectivity index (χ4n) is 1.52. The Balaban J connectivity index is 4.45. The smallest absolute Gasteiger partial charge is 0.223 e. The lowest BCUT2D eigenvalue weighted by atomic mass is 9.89. The van der Waals surface area contributed by atoms with Crippen molar-refractivity contribution in [1.29, 1.82) is 0 Å². The third-order valence-corrected chi connectivity index (χ3v) is 2.59. The minimum Gasteiger partial charge on any atom is -0.342 e. The third-order valence-electron chi connectivity index (χ3n) is 2.59. The summed E-state index contributed by atoms with van der Waals surface area (Å²) in [6.45, 7) is 14.6. The fraction of sp³-hybridized carbons (Fsp3) is 0.923. The molecule has 16 heavy (non-hydrogen) atoms. The summed E-state index contributed by atoms with van der Waals surface area (Å²) in [6, 6.07) is 0. The average Bonchev–Trinajstić information content (AvgIpc) is 2.11. The maximum atomic E-state index is 12.1. The van der Waals surface area contributed by atoms with Crippen molar-refractivity contribution >= 4 is 5.91 Å². The van der Waals surface area contributed by atoms with Gasteiger partial charge in [-0.2, -0.15) is 0 Å². The largest absolute Gasteiger partial charge is 0.342 e. The topological polar surface area (TPSA) is 46.3 Å². The number of nitrogens with zero attached hydrogens (tertiary/aromatic N) is 1. The molecule has 0 atom stereocenters. The van der Waals surface area contributed by atoms with E-state index in [9.17, 15) is 4.79 Å². The van der Waals surface area contributed by atoms with Crippen molar-refractivity contribution in [3.8, 4) is 0 Å². The van der Waals surface area contributed by atoms with E-state index in [2.05, 4.69) is 34.6 Å². The Bertz CT molecular complexity index is 229. The second-order valence-electron chi connectivity index (χ2n) is 6.51. The highest BCUT2D eigenvalue weighted by Gasteiger charge is 2.25. The molecule has 0 unspecified atom stereocenters. The Kier molecular flexibility index (Phi) is 5.47. The summed E-state index contributed by atoms with van der Waals surface area (Å²) in [5.41, 5.74) is 5.76. The average molecular weight is 228 g/mol. The highest BCUT2D eigenvalue weighted by molar-refractivity contribution is 5.76. The molecule has 3 heteroatoms. The van der Waals surface area contributed by atoms with Crippen LogP contribution in [0.5, 0.6) is 0 Å². The number of nitrogens with two attached hydrogens (primary N) is 1. The van der Waals surface area contributed by atoms with Crippen molar-refractivity contribution in [1.82, 2.24) is 4.90 Å². The van der Waals surface area contributed by atoms with Gasteiger partial charge >= 0.3 is 0 Å². The van der Waals surface area contributed by atoms with E-state index in [0.717, 1.165) is 13.1 Å². The van der Waals surface area contributed by atoms with Crippen LogP contribution in [0.15, 0.2) is 0 Å². The molecular weight excluding hydrogens is 200 g/mol. The molecule has 1 amide bonds. The fourth-order valence-corrected chi connectivity index (χ4v) is 1.52. The predicted octanol–water partition coefficient (Wildman–Crippen LogP) is 2.26. The van der Waals surface area contributed by atoms with Gasteiger partial charge in [0.15, 0.2) is 0 Å². The standard InChI is InChI=1S/C13H28N2O/c1-7-15(10-13(5,6)9-14)11(16)8-12(2,3)4/h7-10,14H2,1-6H3. The first-order valence-electron chi connectivity index (χ1n) is 6.09. The summed E-state index contributed by atoms with van der Waals surface area (Å²) >= 11 is 0. The first kappa shape index (κ1) is 15.4. The van der Waals surface area contributed by atoms with E-state index < -0.39 is 0 Å². The van der Waals surface area contributed by atoms with Crippen molar-refractivity contribution in [2.75, 3.05) is 19.6 Å². The van der Waals surface area contributed by atoms with E-state index in [1.165, 1.54) is 0 Å². The number of carbonyl (C=O) groups is 1. The Morgan fingerprint density at radius 1 is 1.19 bits per heavy atom. The summed E-state index contributed by atoms with van der Waals surface area (Å²) in [7, 11) is 0. The van der Waals surface area contributed by atoms with Crippen molar-refractivity contribution in [3.63, 3.8) is 0 Å². The minimum atomic E-state index is 0.00353. The Morgan fingerprint density at radius 3 is 2.00 bits per heavy atom. The number of hydrogen-bond acceptors (Lipinski definition) is 2. The number of hydrogen-bond donors (Lipinski definition) is 1. The van der Waals surface area contributed by atoms with Gasteiger partial charge in [-0.25, -0.2) is 0 Å². The molecule has 2 N–H and O–H groups in total. The molecule has 0 spiro atoms. The lowest BCUT2D eigenvalue weighted by Crippen LogP contribution is -2.42. The van der Waals surface area contributed by atoms with Crippen LogP contribution in [0.3, 0.4) is 0 Å². The van der Waals surface area contributed by atoms with Gasteiger partial charge in [0.25, 0.3) is 0 Å². The van der Waals surface area contributed by atoms with E-state index in [1.807, 2.05) is 11.8 Å². The van der Waals surface area contributed by atoms with Gasteiger partial charge in [-0.05, 0) is 24.3 Å². The molecular formula is C13H28N2O. The van der Waals surface area contributed by atoms with Gasteiger partial charge in [0, 0.05) is 19.5 Å². The second kappa shape index (κ2) is 5.67. The first-order valence-corrected chi connectivity index (χ1v) is 6.09. The molecule has 0 fully saturated rings. The molecule has 0 aromatic rings. The molecule has 0 radical (unpaired) electrons. The normalized spacial score (nSPS) is 12.7. The van der Waals surface area contributed by atoms with E-state index in [4.69, 9.17) is 5.73 Å². The van der Waals surface area contributed by atoms with Gasteiger partial charge in [-0.1, -0.05) is 34.6 Å². The summed E-state index contributed by atoms with van der Waals surface area (Å²) in [4.78, 5) is 14.0. The van der Waals surface area contributed by atoms with E-state index >= 15 is 0 Å². The van der Waals surface area contributed by atoms with E-state index in [-0.39, 0.29) is 16.7 Å². The predicted molar refractivity (Wildman–Crippen MR) is 69.2 cm³/mol. The lowest BCUT2D eigenvalue weighted by molar-refractivity contribution is -0.134. The Morgan fingerprint density at radius 2 is 1.69 bits per heavy atom. The Hall–Kier alpha value is -0.570. The van der Waals surface area contributed by atoms with Gasteiger partial charge in [-0.15, -0.1) is 0 Å². The number of carbonyl (C=O) groups excluding carboxylic acids is 1.